The summed E-state index contributed by atoms with van der Waals surface area (Å²) in [6.45, 7) is 4.85. The summed E-state index contributed by atoms with van der Waals surface area (Å²) < 4.78 is 23.8. The number of phosphoric ester groups is 1. The first kappa shape index (κ1) is 80.5. The Balaban J connectivity index is 4.02. The number of carbonyl (C=O) groups is 1. The molecule has 0 heterocycles. The van der Waals surface area contributed by atoms with E-state index in [4.69, 9.17) is 9.05 Å². The third-order valence-corrected chi connectivity index (χ3v) is 17.5. The van der Waals surface area contributed by atoms with Crippen molar-refractivity contribution in [1.82, 2.24) is 5.32 Å². The van der Waals surface area contributed by atoms with E-state index in [1.165, 1.54) is 295 Å². The highest BCUT2D eigenvalue weighted by atomic mass is 31.2. The molecule has 0 rings (SSSR count). The molecule has 0 aromatic rings. The van der Waals surface area contributed by atoms with E-state index < -0.39 is 20.0 Å². The molecule has 0 saturated carbocycles. The van der Waals surface area contributed by atoms with Crippen LogP contribution in [-0.2, 0) is 18.4 Å². The number of unbranched alkanes of at least 4 members (excludes halogenated alkanes) is 48. The minimum absolute atomic E-state index is 0.0568. The molecule has 3 atom stereocenters. The number of quaternary nitrogens is 1. The summed E-state index contributed by atoms with van der Waals surface area (Å²) in [6.07, 6.45) is 87.1. The fourth-order valence-electron chi connectivity index (χ4n) is 10.9. The van der Waals surface area contributed by atoms with Crippen LogP contribution < -0.4 is 5.32 Å². The van der Waals surface area contributed by atoms with Gasteiger partial charge in [-0.2, -0.15) is 0 Å². The fraction of sp³-hybridized carbons (Fsp3) is 0.877. The molecule has 0 aliphatic carbocycles. The number of nitrogens with zero attached hydrogens (tertiary/aromatic N) is 1. The van der Waals surface area contributed by atoms with Crippen LogP contribution >= 0.6 is 7.82 Å². The first-order chi connectivity index (χ1) is 40.0. The monoisotopic (exact) mass is 1170 g/mol. The molecule has 484 valence electrons. The van der Waals surface area contributed by atoms with Crippen LogP contribution in [-0.4, -0.2) is 73.4 Å². The fourth-order valence-corrected chi connectivity index (χ4v) is 11.7. The van der Waals surface area contributed by atoms with Gasteiger partial charge in [0.25, 0.3) is 0 Å². The number of hydrogen-bond donors (Lipinski definition) is 3. The van der Waals surface area contributed by atoms with E-state index >= 15 is 0 Å². The van der Waals surface area contributed by atoms with Gasteiger partial charge in [0.1, 0.15) is 13.2 Å². The van der Waals surface area contributed by atoms with Crippen LogP contribution in [0.3, 0.4) is 0 Å². The molecule has 0 aromatic carbocycles. The summed E-state index contributed by atoms with van der Waals surface area (Å²) >= 11 is 0. The maximum absolute atomic E-state index is 13.0. The van der Waals surface area contributed by atoms with Crippen molar-refractivity contribution in [2.45, 2.75) is 373 Å². The number of hydrogen-bond acceptors (Lipinski definition) is 5. The highest BCUT2D eigenvalue weighted by Gasteiger charge is 2.28. The minimum Gasteiger partial charge on any atom is -0.387 e. The average molecular weight is 1170 g/mol. The van der Waals surface area contributed by atoms with Crippen LogP contribution in [0.15, 0.2) is 48.6 Å². The molecule has 0 bridgehead atoms. The molecular weight excluding hydrogens is 1030 g/mol. The molecule has 0 aliphatic rings. The Morgan fingerprint density at radius 3 is 1.05 bits per heavy atom. The van der Waals surface area contributed by atoms with E-state index in [9.17, 15) is 19.4 Å². The normalized spacial score (nSPS) is 13.9. The number of aliphatic hydroxyl groups is 1. The van der Waals surface area contributed by atoms with Crippen LogP contribution in [0.25, 0.3) is 0 Å². The highest BCUT2D eigenvalue weighted by Crippen LogP contribution is 2.43. The van der Waals surface area contributed by atoms with Crippen molar-refractivity contribution in [3.8, 4) is 0 Å². The van der Waals surface area contributed by atoms with E-state index in [1.54, 1.807) is 6.08 Å². The van der Waals surface area contributed by atoms with Gasteiger partial charge in [0.05, 0.1) is 39.9 Å². The lowest BCUT2D eigenvalue weighted by Gasteiger charge is -2.25. The molecule has 1 amide bonds. The lowest BCUT2D eigenvalue weighted by molar-refractivity contribution is -0.870. The molecule has 0 saturated heterocycles. The number of allylic oxidation sites excluding steroid dienone is 7. The molecule has 0 aliphatic heterocycles. The Bertz CT molecular complexity index is 1480. The summed E-state index contributed by atoms with van der Waals surface area (Å²) in [5.41, 5.74) is 0. The summed E-state index contributed by atoms with van der Waals surface area (Å²) in [5.74, 6) is -0.181. The van der Waals surface area contributed by atoms with Gasteiger partial charge in [-0.25, -0.2) is 4.57 Å². The van der Waals surface area contributed by atoms with Gasteiger partial charge in [-0.1, -0.05) is 339 Å². The van der Waals surface area contributed by atoms with Crippen molar-refractivity contribution in [1.29, 1.82) is 0 Å². The number of nitrogens with one attached hydrogen (secondary N) is 1. The van der Waals surface area contributed by atoms with Crippen LogP contribution in [0.5, 0.6) is 0 Å². The zero-order valence-corrected chi connectivity index (χ0v) is 56.4. The minimum atomic E-state index is -4.36. The molecular formula is C73H142N2O6P+. The van der Waals surface area contributed by atoms with Crippen LogP contribution in [0.2, 0.25) is 0 Å². The Morgan fingerprint density at radius 2 is 0.707 bits per heavy atom. The average Bonchev–Trinajstić information content (AvgIpc) is 3.47. The molecule has 3 N–H and O–H groups in total. The predicted molar refractivity (Wildman–Crippen MR) is 360 cm³/mol. The second kappa shape index (κ2) is 63.9. The van der Waals surface area contributed by atoms with Gasteiger partial charge in [0, 0.05) is 6.42 Å². The van der Waals surface area contributed by atoms with Crippen molar-refractivity contribution in [3.63, 3.8) is 0 Å². The Hall–Kier alpha value is -1.54. The lowest BCUT2D eigenvalue weighted by Crippen LogP contribution is -2.45. The zero-order valence-electron chi connectivity index (χ0n) is 55.5. The number of rotatable bonds is 67. The smallest absolute Gasteiger partial charge is 0.387 e. The second-order valence-electron chi connectivity index (χ2n) is 26.0. The van der Waals surface area contributed by atoms with Gasteiger partial charge in [-0.15, -0.1) is 0 Å². The van der Waals surface area contributed by atoms with Crippen molar-refractivity contribution in [2.75, 3.05) is 40.9 Å². The lowest BCUT2D eigenvalue weighted by atomic mass is 10.0. The van der Waals surface area contributed by atoms with E-state index in [1.807, 2.05) is 27.2 Å². The number of phosphoric acid groups is 1. The van der Waals surface area contributed by atoms with Crippen molar-refractivity contribution >= 4 is 13.7 Å². The van der Waals surface area contributed by atoms with E-state index in [0.29, 0.717) is 17.4 Å². The van der Waals surface area contributed by atoms with Crippen molar-refractivity contribution in [3.05, 3.63) is 48.6 Å². The number of carbonyl (C=O) groups excluding carboxylic acids is 1. The van der Waals surface area contributed by atoms with Gasteiger partial charge in [0.2, 0.25) is 5.91 Å². The van der Waals surface area contributed by atoms with Crippen molar-refractivity contribution < 1.29 is 32.9 Å². The Kier molecular flexibility index (Phi) is 62.7. The summed E-state index contributed by atoms with van der Waals surface area (Å²) in [7, 11) is 1.57. The third-order valence-electron chi connectivity index (χ3n) is 16.5. The number of amides is 1. The number of likely N-dealkylation sites (N-methyl/N-ethyl adjacent to an activating group) is 1. The SMILES string of the molecule is CCCCCCCCCCCCCCC/C=C\C/C=C\CCCCCCCCCCCCCCCCCCCC(=O)NC(COP(=O)(O)OCC[N+](C)(C)C)C(O)/C=C/CC/C=C/CCCCCCCCCCCCCCCCCCC. The first-order valence-corrected chi connectivity index (χ1v) is 37.5. The topological polar surface area (TPSA) is 105 Å². The first-order valence-electron chi connectivity index (χ1n) is 36.0. The standard InChI is InChI=1S/C73H141N2O6P/c1-6-8-10-12-14-16-18-20-22-24-26-28-30-31-32-33-34-35-36-37-38-39-40-41-42-43-45-47-49-51-53-55-57-59-61-63-65-67-73(77)74-71(70-81-82(78,79)80-69-68-75(3,4)5)72(76)66-64-62-60-58-56-54-52-50-48-46-44-29-27-25-23-21-19-17-15-13-11-9-7-2/h32-33,35-36,56,58,64,66,71-72,76H,6-31,34,37-55,57,59-63,65,67-70H2,1-5H3,(H-,74,77,78,79)/p+1/b33-32-,36-35-,58-56+,66-64+. The Morgan fingerprint density at radius 1 is 0.415 bits per heavy atom. The van der Waals surface area contributed by atoms with E-state index in [0.717, 1.165) is 44.9 Å². The third kappa shape index (κ3) is 66.0. The van der Waals surface area contributed by atoms with Gasteiger partial charge >= 0.3 is 7.82 Å². The van der Waals surface area contributed by atoms with E-state index in [-0.39, 0.29) is 19.1 Å². The zero-order chi connectivity index (χ0) is 59.8. The molecule has 82 heavy (non-hydrogen) atoms. The summed E-state index contributed by atoms with van der Waals surface area (Å²) in [5, 5.41) is 14.0. The molecule has 0 fully saturated rings. The molecule has 8 nitrogen and oxygen atoms in total. The summed E-state index contributed by atoms with van der Waals surface area (Å²) in [4.78, 5) is 23.4. The maximum atomic E-state index is 13.0. The van der Waals surface area contributed by atoms with Gasteiger partial charge in [0.15, 0.2) is 0 Å². The van der Waals surface area contributed by atoms with Crippen LogP contribution in [0, 0.1) is 0 Å². The molecule has 3 unspecified atom stereocenters. The molecule has 0 spiro atoms. The largest absolute Gasteiger partial charge is 0.472 e. The van der Waals surface area contributed by atoms with Crippen LogP contribution in [0.4, 0.5) is 0 Å². The van der Waals surface area contributed by atoms with E-state index in [2.05, 4.69) is 55.6 Å². The second-order valence-corrected chi connectivity index (χ2v) is 27.4. The van der Waals surface area contributed by atoms with Crippen molar-refractivity contribution in [2.24, 2.45) is 0 Å². The predicted octanol–water partition coefficient (Wildman–Crippen LogP) is 23.0. The molecule has 0 radical (unpaired) electrons. The van der Waals surface area contributed by atoms with Gasteiger partial charge < -0.3 is 19.8 Å². The molecule has 0 aromatic heterocycles. The number of aliphatic hydroxyl groups excluding tert-OH is 1. The Labute approximate surface area is 511 Å². The maximum Gasteiger partial charge on any atom is 0.472 e. The highest BCUT2D eigenvalue weighted by molar-refractivity contribution is 7.47. The van der Waals surface area contributed by atoms with Gasteiger partial charge in [-0.05, 0) is 64.2 Å². The van der Waals surface area contributed by atoms with Gasteiger partial charge in [-0.3, -0.25) is 13.8 Å². The summed E-state index contributed by atoms with van der Waals surface area (Å²) in [6, 6.07) is -0.865. The molecule has 9 heteroatoms. The van der Waals surface area contributed by atoms with Crippen LogP contribution in [0.1, 0.15) is 361 Å². The quantitative estimate of drug-likeness (QED) is 0.0243.